The maximum Gasteiger partial charge on any atom is 0.239 e. The normalized spacial score (nSPS) is 19.1. The molecular weight excluding hydrogens is 244 g/mol. The number of hydrogen-bond acceptors (Lipinski definition) is 4. The third-order valence-corrected chi connectivity index (χ3v) is 3.11. The highest BCUT2D eigenvalue weighted by Crippen LogP contribution is 2.09. The quantitative estimate of drug-likeness (QED) is 0.810. The number of methoxy groups -OCH3 is 1. The van der Waals surface area contributed by atoms with Crippen molar-refractivity contribution < 1.29 is 14.3 Å². The standard InChI is InChI=1S/C14H20N2O3/c1-18-9-12-5-3-2-4-11(12)8-16-14(17)13-10-19-7-6-15-13/h2-5,13,15H,6-10H2,1H3,(H,16,17)/t13-/m0/s1. The van der Waals surface area contributed by atoms with Gasteiger partial charge in [-0.1, -0.05) is 24.3 Å². The predicted molar refractivity (Wildman–Crippen MR) is 71.6 cm³/mol. The van der Waals surface area contributed by atoms with E-state index in [1.165, 1.54) is 0 Å². The molecule has 1 amide bonds. The molecule has 1 heterocycles. The highest BCUT2D eigenvalue weighted by atomic mass is 16.5. The topological polar surface area (TPSA) is 59.6 Å². The average molecular weight is 264 g/mol. The van der Waals surface area contributed by atoms with Gasteiger partial charge in [-0.2, -0.15) is 0 Å². The van der Waals surface area contributed by atoms with E-state index in [0.29, 0.717) is 26.4 Å². The van der Waals surface area contributed by atoms with Crippen LogP contribution in [-0.4, -0.2) is 38.8 Å². The fourth-order valence-electron chi connectivity index (χ4n) is 2.07. The van der Waals surface area contributed by atoms with Crippen LogP contribution >= 0.6 is 0 Å². The van der Waals surface area contributed by atoms with Crippen LogP contribution in [-0.2, 0) is 27.4 Å². The van der Waals surface area contributed by atoms with Crippen molar-refractivity contribution in [2.24, 2.45) is 0 Å². The van der Waals surface area contributed by atoms with Gasteiger partial charge in [0, 0.05) is 20.2 Å². The summed E-state index contributed by atoms with van der Waals surface area (Å²) in [4.78, 5) is 12.0. The Bertz CT molecular complexity index is 417. The number of amides is 1. The zero-order chi connectivity index (χ0) is 13.5. The van der Waals surface area contributed by atoms with E-state index in [0.717, 1.165) is 17.7 Å². The first-order valence-corrected chi connectivity index (χ1v) is 6.46. The Morgan fingerprint density at radius 2 is 2.26 bits per heavy atom. The van der Waals surface area contributed by atoms with Gasteiger partial charge < -0.3 is 20.1 Å². The SMILES string of the molecule is COCc1ccccc1CNC(=O)[C@@H]1COCCN1. The van der Waals surface area contributed by atoms with Gasteiger partial charge in [0.15, 0.2) is 0 Å². The van der Waals surface area contributed by atoms with Gasteiger partial charge in [-0.3, -0.25) is 4.79 Å². The number of carbonyl (C=O) groups excluding carboxylic acids is 1. The van der Waals surface area contributed by atoms with Crippen LogP contribution in [0.15, 0.2) is 24.3 Å². The van der Waals surface area contributed by atoms with Crippen LogP contribution in [0.1, 0.15) is 11.1 Å². The average Bonchev–Trinajstić information content (AvgIpc) is 2.47. The smallest absolute Gasteiger partial charge is 0.239 e. The van der Waals surface area contributed by atoms with Gasteiger partial charge in [-0.15, -0.1) is 0 Å². The lowest BCUT2D eigenvalue weighted by atomic mass is 10.1. The molecule has 104 valence electrons. The molecule has 0 bridgehead atoms. The molecule has 1 atom stereocenters. The molecule has 5 heteroatoms. The van der Waals surface area contributed by atoms with E-state index in [1.54, 1.807) is 7.11 Å². The molecule has 5 nitrogen and oxygen atoms in total. The maximum atomic E-state index is 12.0. The lowest BCUT2D eigenvalue weighted by molar-refractivity contribution is -0.126. The Morgan fingerprint density at radius 3 is 2.95 bits per heavy atom. The number of hydrogen-bond donors (Lipinski definition) is 2. The van der Waals surface area contributed by atoms with Crippen molar-refractivity contribution in [3.8, 4) is 0 Å². The van der Waals surface area contributed by atoms with E-state index >= 15 is 0 Å². The van der Waals surface area contributed by atoms with Crippen LogP contribution < -0.4 is 10.6 Å². The van der Waals surface area contributed by atoms with Crippen molar-refractivity contribution >= 4 is 5.91 Å². The zero-order valence-electron chi connectivity index (χ0n) is 11.1. The summed E-state index contributed by atoms with van der Waals surface area (Å²) in [5, 5.41) is 6.06. The van der Waals surface area contributed by atoms with Crippen molar-refractivity contribution in [2.75, 3.05) is 26.9 Å². The molecule has 0 aliphatic carbocycles. The summed E-state index contributed by atoms with van der Waals surface area (Å²) in [6.45, 7) is 2.89. The summed E-state index contributed by atoms with van der Waals surface area (Å²) in [6.07, 6.45) is 0. The van der Waals surface area contributed by atoms with Crippen molar-refractivity contribution in [3.63, 3.8) is 0 Å². The molecule has 0 unspecified atom stereocenters. The lowest BCUT2D eigenvalue weighted by Gasteiger charge is -2.23. The van der Waals surface area contributed by atoms with Gasteiger partial charge in [-0.25, -0.2) is 0 Å². The van der Waals surface area contributed by atoms with Crippen LogP contribution in [0.3, 0.4) is 0 Å². The third-order valence-electron chi connectivity index (χ3n) is 3.11. The minimum absolute atomic E-state index is 0.0214. The molecule has 0 radical (unpaired) electrons. The first kappa shape index (κ1) is 14.0. The third kappa shape index (κ3) is 4.02. The molecular formula is C14H20N2O3. The zero-order valence-corrected chi connectivity index (χ0v) is 11.1. The summed E-state index contributed by atoms with van der Waals surface area (Å²) in [5.74, 6) is -0.0214. The largest absolute Gasteiger partial charge is 0.380 e. The Hall–Kier alpha value is -1.43. The van der Waals surface area contributed by atoms with Gasteiger partial charge in [0.1, 0.15) is 6.04 Å². The van der Waals surface area contributed by atoms with Gasteiger partial charge in [-0.05, 0) is 11.1 Å². The van der Waals surface area contributed by atoms with Crippen LogP contribution in [0, 0.1) is 0 Å². The van der Waals surface area contributed by atoms with E-state index in [2.05, 4.69) is 10.6 Å². The first-order valence-electron chi connectivity index (χ1n) is 6.46. The second-order valence-electron chi connectivity index (χ2n) is 4.50. The van der Waals surface area contributed by atoms with Crippen molar-refractivity contribution in [3.05, 3.63) is 35.4 Å². The van der Waals surface area contributed by atoms with E-state index in [4.69, 9.17) is 9.47 Å². The summed E-state index contributed by atoms with van der Waals surface area (Å²) in [6, 6.07) is 7.69. The molecule has 19 heavy (non-hydrogen) atoms. The van der Waals surface area contributed by atoms with E-state index in [1.807, 2.05) is 24.3 Å². The van der Waals surface area contributed by atoms with Crippen molar-refractivity contribution in [1.29, 1.82) is 0 Å². The van der Waals surface area contributed by atoms with Crippen LogP contribution in [0.2, 0.25) is 0 Å². The number of nitrogens with one attached hydrogen (secondary N) is 2. The highest BCUT2D eigenvalue weighted by Gasteiger charge is 2.20. The Balaban J connectivity index is 1.89. The molecule has 0 aromatic heterocycles. The number of benzene rings is 1. The van der Waals surface area contributed by atoms with Crippen LogP contribution in [0.5, 0.6) is 0 Å². The number of rotatable bonds is 5. The van der Waals surface area contributed by atoms with E-state index < -0.39 is 0 Å². The number of ether oxygens (including phenoxy) is 2. The molecule has 1 fully saturated rings. The fourth-order valence-corrected chi connectivity index (χ4v) is 2.07. The molecule has 0 saturated carbocycles. The maximum absolute atomic E-state index is 12.0. The highest BCUT2D eigenvalue weighted by molar-refractivity contribution is 5.82. The van der Waals surface area contributed by atoms with Crippen LogP contribution in [0.4, 0.5) is 0 Å². The molecule has 1 aliphatic heterocycles. The fraction of sp³-hybridized carbons (Fsp3) is 0.500. The van der Waals surface area contributed by atoms with Gasteiger partial charge in [0.25, 0.3) is 0 Å². The van der Waals surface area contributed by atoms with Gasteiger partial charge in [0.05, 0.1) is 19.8 Å². The minimum Gasteiger partial charge on any atom is -0.380 e. The molecule has 2 N–H and O–H groups in total. The molecule has 2 rings (SSSR count). The molecule has 1 aliphatic rings. The van der Waals surface area contributed by atoms with Crippen molar-refractivity contribution in [2.45, 2.75) is 19.2 Å². The minimum atomic E-state index is -0.247. The number of morpholine rings is 1. The Morgan fingerprint density at radius 1 is 1.47 bits per heavy atom. The van der Waals surface area contributed by atoms with E-state index in [9.17, 15) is 4.79 Å². The summed E-state index contributed by atoms with van der Waals surface area (Å²) in [5.41, 5.74) is 2.17. The van der Waals surface area contributed by atoms with Gasteiger partial charge in [0.2, 0.25) is 5.91 Å². The first-order chi connectivity index (χ1) is 9.31. The predicted octanol–water partition coefficient (Wildman–Crippen LogP) is 0.438. The Labute approximate surface area is 113 Å². The lowest BCUT2D eigenvalue weighted by Crippen LogP contribution is -2.51. The molecule has 1 aromatic carbocycles. The Kier molecular flexibility index (Phi) is 5.32. The van der Waals surface area contributed by atoms with Crippen molar-refractivity contribution in [1.82, 2.24) is 10.6 Å². The van der Waals surface area contributed by atoms with Gasteiger partial charge >= 0.3 is 0 Å². The number of carbonyl (C=O) groups is 1. The van der Waals surface area contributed by atoms with E-state index in [-0.39, 0.29) is 11.9 Å². The molecule has 1 saturated heterocycles. The second-order valence-corrected chi connectivity index (χ2v) is 4.50. The second kappa shape index (κ2) is 7.23. The summed E-state index contributed by atoms with van der Waals surface area (Å²) >= 11 is 0. The summed E-state index contributed by atoms with van der Waals surface area (Å²) in [7, 11) is 1.67. The van der Waals surface area contributed by atoms with Crippen LogP contribution in [0.25, 0.3) is 0 Å². The molecule has 1 aromatic rings. The summed E-state index contributed by atoms with van der Waals surface area (Å²) < 4.78 is 10.4. The molecule has 0 spiro atoms. The monoisotopic (exact) mass is 264 g/mol.